The molecule has 0 heterocycles. The highest BCUT2D eigenvalue weighted by Crippen LogP contribution is 2.40. The van der Waals surface area contributed by atoms with Crippen molar-refractivity contribution in [3.63, 3.8) is 0 Å². The van der Waals surface area contributed by atoms with Crippen LogP contribution in [0.1, 0.15) is 12.5 Å². The Labute approximate surface area is 112 Å². The van der Waals surface area contributed by atoms with Crippen LogP contribution in [0.25, 0.3) is 6.08 Å². The lowest BCUT2D eigenvalue weighted by Crippen LogP contribution is -2.47. The molecule has 1 rings (SSSR count). The van der Waals surface area contributed by atoms with Gasteiger partial charge in [-0.25, -0.2) is 0 Å². The summed E-state index contributed by atoms with van der Waals surface area (Å²) in [6.45, 7) is 1.01. The third-order valence-corrected chi connectivity index (χ3v) is 2.66. The fourth-order valence-electron chi connectivity index (χ4n) is 1.48. The van der Waals surface area contributed by atoms with Crippen molar-refractivity contribution in [2.45, 2.75) is 25.1 Å². The lowest BCUT2D eigenvalue weighted by molar-refractivity contribution is -0.306. The summed E-state index contributed by atoms with van der Waals surface area (Å²) in [6, 6.07) is 5.99. The van der Waals surface area contributed by atoms with Crippen LogP contribution in [0.2, 0.25) is 0 Å². The second kappa shape index (κ2) is 5.78. The number of halogens is 5. The molecular weight excluding hydrogens is 283 g/mol. The fourth-order valence-corrected chi connectivity index (χ4v) is 1.48. The van der Waals surface area contributed by atoms with Crippen LogP contribution in [0.3, 0.4) is 0 Å². The first-order valence-electron chi connectivity index (χ1n) is 5.54. The van der Waals surface area contributed by atoms with E-state index in [-0.39, 0.29) is 0 Å². The summed E-state index contributed by atoms with van der Waals surface area (Å²) in [5, 5.41) is 9.18. The van der Waals surface area contributed by atoms with Crippen molar-refractivity contribution in [1.82, 2.24) is 0 Å². The van der Waals surface area contributed by atoms with Gasteiger partial charge in [0.1, 0.15) is 11.9 Å². The van der Waals surface area contributed by atoms with Gasteiger partial charge in [0.25, 0.3) is 0 Å². The van der Waals surface area contributed by atoms with E-state index in [9.17, 15) is 27.1 Å². The topological polar surface area (TPSA) is 29.5 Å². The minimum absolute atomic E-state index is 0.375. The van der Waals surface area contributed by atoms with E-state index in [1.807, 2.05) is 0 Å². The fraction of sp³-hybridized carbons (Fsp3) is 0.385. The van der Waals surface area contributed by atoms with E-state index in [0.717, 1.165) is 13.0 Å². The molecule has 112 valence electrons. The average molecular weight is 296 g/mol. The number of alkyl halides is 5. The van der Waals surface area contributed by atoms with Gasteiger partial charge in [-0.05, 0) is 30.2 Å². The van der Waals surface area contributed by atoms with Crippen LogP contribution in [-0.4, -0.2) is 30.4 Å². The van der Waals surface area contributed by atoms with E-state index in [1.54, 1.807) is 0 Å². The summed E-state index contributed by atoms with van der Waals surface area (Å²) in [4.78, 5) is 0. The van der Waals surface area contributed by atoms with Crippen molar-refractivity contribution in [2.75, 3.05) is 7.11 Å². The number of methoxy groups -OCH3 is 1. The monoisotopic (exact) mass is 296 g/mol. The number of aliphatic hydroxyl groups excluding tert-OH is 1. The zero-order valence-electron chi connectivity index (χ0n) is 10.7. The summed E-state index contributed by atoms with van der Waals surface area (Å²) < 4.78 is 67.2. The quantitative estimate of drug-likeness (QED) is 0.859. The Morgan fingerprint density at radius 2 is 1.65 bits per heavy atom. The third-order valence-electron chi connectivity index (χ3n) is 2.66. The number of aliphatic hydroxyl groups is 1. The molecule has 2 nitrogen and oxygen atoms in total. The molecule has 0 aliphatic carbocycles. The lowest BCUT2D eigenvalue weighted by atomic mass is 10.0. The van der Waals surface area contributed by atoms with Gasteiger partial charge in [-0.1, -0.05) is 18.2 Å². The number of hydrogen-bond donors (Lipinski definition) is 1. The molecule has 0 spiro atoms. The Morgan fingerprint density at radius 3 is 2.05 bits per heavy atom. The maximum absolute atomic E-state index is 13.0. The van der Waals surface area contributed by atoms with Crippen LogP contribution in [0.4, 0.5) is 22.0 Å². The second-order valence-corrected chi connectivity index (χ2v) is 4.18. The van der Waals surface area contributed by atoms with Crippen molar-refractivity contribution >= 4 is 6.08 Å². The summed E-state index contributed by atoms with van der Waals surface area (Å²) in [5.74, 6) is -4.68. The molecule has 0 aromatic heterocycles. The number of benzene rings is 1. The minimum atomic E-state index is -5.80. The zero-order chi connectivity index (χ0) is 15.6. The molecule has 1 N–H and O–H groups in total. The van der Waals surface area contributed by atoms with Gasteiger partial charge in [-0.2, -0.15) is 22.0 Å². The van der Waals surface area contributed by atoms with Crippen LogP contribution >= 0.6 is 0 Å². The van der Waals surface area contributed by atoms with Gasteiger partial charge in [0, 0.05) is 0 Å². The number of hydrogen-bond acceptors (Lipinski definition) is 2. The number of ether oxygens (including phenoxy) is 1. The van der Waals surface area contributed by atoms with Crippen molar-refractivity contribution < 1.29 is 31.8 Å². The van der Waals surface area contributed by atoms with E-state index in [2.05, 4.69) is 0 Å². The predicted molar refractivity (Wildman–Crippen MR) is 63.7 cm³/mol. The van der Waals surface area contributed by atoms with Gasteiger partial charge in [0.15, 0.2) is 0 Å². The third kappa shape index (κ3) is 3.47. The summed E-state index contributed by atoms with van der Waals surface area (Å²) >= 11 is 0. The van der Waals surface area contributed by atoms with Crippen molar-refractivity contribution in [3.8, 4) is 5.75 Å². The molecule has 0 saturated heterocycles. The normalized spacial score (nSPS) is 15.1. The molecule has 0 bridgehead atoms. The van der Waals surface area contributed by atoms with E-state index < -0.39 is 23.8 Å². The number of rotatable bonds is 4. The van der Waals surface area contributed by atoms with E-state index in [0.29, 0.717) is 11.3 Å². The van der Waals surface area contributed by atoms with Crippen LogP contribution < -0.4 is 4.74 Å². The molecule has 1 atom stereocenters. The molecule has 0 aliphatic rings. The summed E-state index contributed by atoms with van der Waals surface area (Å²) in [6.07, 6.45) is -7.67. The van der Waals surface area contributed by atoms with E-state index in [1.165, 1.54) is 31.4 Å². The molecule has 0 saturated carbocycles. The highest BCUT2D eigenvalue weighted by molar-refractivity contribution is 5.54. The zero-order valence-corrected chi connectivity index (χ0v) is 10.7. The molecule has 7 heteroatoms. The Morgan fingerprint density at radius 1 is 1.15 bits per heavy atom. The molecule has 1 aromatic carbocycles. The van der Waals surface area contributed by atoms with Gasteiger partial charge >= 0.3 is 12.1 Å². The first kappa shape index (κ1) is 16.4. The molecule has 20 heavy (non-hydrogen) atoms. The molecule has 1 aromatic rings. The first-order valence-corrected chi connectivity index (χ1v) is 5.54. The summed E-state index contributed by atoms with van der Waals surface area (Å²) in [7, 11) is 1.43. The Balaban J connectivity index is 2.98. The van der Waals surface area contributed by atoms with Crippen LogP contribution in [0.5, 0.6) is 5.75 Å². The molecule has 1 unspecified atom stereocenters. The van der Waals surface area contributed by atoms with Crippen molar-refractivity contribution in [3.05, 3.63) is 35.4 Å². The molecule has 0 fully saturated rings. The predicted octanol–water partition coefficient (Wildman–Crippen LogP) is 3.66. The standard InChI is InChI=1S/C13H13F5O2/c1-8(11(19)12(14,15)13(16,17)18)7-9-3-5-10(20-2)6-4-9/h3-7,11,19H,1-2H3/b8-7+. The van der Waals surface area contributed by atoms with Gasteiger partial charge < -0.3 is 9.84 Å². The van der Waals surface area contributed by atoms with Crippen molar-refractivity contribution in [1.29, 1.82) is 0 Å². The van der Waals surface area contributed by atoms with Crippen LogP contribution in [0, 0.1) is 0 Å². The Bertz CT molecular complexity index is 477. The maximum Gasteiger partial charge on any atom is 0.456 e. The van der Waals surface area contributed by atoms with Gasteiger partial charge in [0.05, 0.1) is 7.11 Å². The molecule has 0 amide bonds. The largest absolute Gasteiger partial charge is 0.497 e. The molecular formula is C13H13F5O2. The smallest absolute Gasteiger partial charge is 0.456 e. The molecule has 0 aliphatic heterocycles. The molecule has 0 radical (unpaired) electrons. The van der Waals surface area contributed by atoms with Gasteiger partial charge in [0.2, 0.25) is 0 Å². The Kier molecular flexibility index (Phi) is 4.75. The maximum atomic E-state index is 13.0. The highest BCUT2D eigenvalue weighted by atomic mass is 19.4. The lowest BCUT2D eigenvalue weighted by Gasteiger charge is -2.25. The van der Waals surface area contributed by atoms with Crippen LogP contribution in [-0.2, 0) is 0 Å². The van der Waals surface area contributed by atoms with E-state index >= 15 is 0 Å². The van der Waals surface area contributed by atoms with E-state index in [4.69, 9.17) is 4.74 Å². The van der Waals surface area contributed by atoms with Gasteiger partial charge in [-0.3, -0.25) is 0 Å². The SMILES string of the molecule is COc1ccc(/C=C(\C)C(O)C(F)(F)C(F)(F)F)cc1. The Hall–Kier alpha value is -1.63. The van der Waals surface area contributed by atoms with Gasteiger partial charge in [-0.15, -0.1) is 0 Å². The minimum Gasteiger partial charge on any atom is -0.497 e. The highest BCUT2D eigenvalue weighted by Gasteiger charge is 2.62. The van der Waals surface area contributed by atoms with Crippen LogP contribution in [0.15, 0.2) is 29.8 Å². The average Bonchev–Trinajstić information content (AvgIpc) is 2.37. The van der Waals surface area contributed by atoms with Crippen molar-refractivity contribution in [2.24, 2.45) is 0 Å². The first-order chi connectivity index (χ1) is 9.09. The summed E-state index contributed by atoms with van der Waals surface area (Å²) in [5.41, 5.74) is -0.113. The second-order valence-electron chi connectivity index (χ2n) is 4.18.